The van der Waals surface area contributed by atoms with Gasteiger partial charge < -0.3 is 19.9 Å². The van der Waals surface area contributed by atoms with E-state index in [1.165, 1.54) is 39.8 Å². The van der Waals surface area contributed by atoms with E-state index in [9.17, 15) is 15.3 Å². The number of rotatable bonds is 6. The van der Waals surface area contributed by atoms with Gasteiger partial charge >= 0.3 is 0 Å². The number of hydrogen-bond donors (Lipinski definition) is 3. The van der Waals surface area contributed by atoms with Crippen LogP contribution in [0, 0.1) is 6.92 Å². The van der Waals surface area contributed by atoms with Crippen LogP contribution in [0.4, 0.5) is 0 Å². The first-order chi connectivity index (χ1) is 26.4. The zero-order valence-electron chi connectivity index (χ0n) is 30.2. The summed E-state index contributed by atoms with van der Waals surface area (Å²) in [6.07, 6.45) is 10.1. The summed E-state index contributed by atoms with van der Waals surface area (Å²) in [7, 11) is 0. The summed E-state index contributed by atoms with van der Waals surface area (Å²) in [6.45, 7) is 2.02. The van der Waals surface area contributed by atoms with Gasteiger partial charge in [-0.25, -0.2) is 0 Å². The Bertz CT molecular complexity index is 2620. The van der Waals surface area contributed by atoms with Gasteiger partial charge in [0.05, 0.1) is 11.0 Å². The maximum Gasteiger partial charge on any atom is 0.159 e. The van der Waals surface area contributed by atoms with Crippen LogP contribution in [0.5, 0.6) is 17.2 Å². The molecule has 54 heavy (non-hydrogen) atoms. The molecule has 0 saturated carbocycles. The van der Waals surface area contributed by atoms with Gasteiger partial charge in [0.2, 0.25) is 0 Å². The van der Waals surface area contributed by atoms with Gasteiger partial charge in [-0.05, 0) is 89.4 Å². The smallest absolute Gasteiger partial charge is 0.159 e. The van der Waals surface area contributed by atoms with Gasteiger partial charge in [0.25, 0.3) is 0 Å². The summed E-state index contributed by atoms with van der Waals surface area (Å²) in [5.74, 6) is -0.176. The molecule has 4 heteroatoms. The van der Waals surface area contributed by atoms with Crippen LogP contribution in [0.3, 0.4) is 0 Å². The third-order valence-corrected chi connectivity index (χ3v) is 10.1. The molecule has 9 rings (SSSR count). The fourth-order valence-electron chi connectivity index (χ4n) is 7.22. The fraction of sp³-hybridized carbons (Fsp3) is 0.0800. The highest BCUT2D eigenvalue weighted by atomic mass is 16.3. The molecule has 1 aliphatic rings. The number of hydrogen-bond acceptors (Lipinski definition) is 3. The lowest BCUT2D eigenvalue weighted by atomic mass is 9.96. The Morgan fingerprint density at radius 2 is 1.04 bits per heavy atom. The summed E-state index contributed by atoms with van der Waals surface area (Å²) < 4.78 is 1.97. The number of aryl methyl sites for hydroxylation is 1. The van der Waals surface area contributed by atoms with Crippen molar-refractivity contribution in [2.45, 2.75) is 26.2 Å². The lowest BCUT2D eigenvalue weighted by molar-refractivity contribution is 0.405. The average Bonchev–Trinajstić information content (AvgIpc) is 3.51. The Kier molecular flexibility index (Phi) is 9.57. The lowest BCUT2D eigenvalue weighted by Gasteiger charge is -2.10. The molecule has 7 aromatic carbocycles. The van der Waals surface area contributed by atoms with Crippen molar-refractivity contribution in [2.75, 3.05) is 0 Å². The van der Waals surface area contributed by atoms with Crippen molar-refractivity contribution >= 4 is 27.4 Å². The van der Waals surface area contributed by atoms with Crippen molar-refractivity contribution in [2.24, 2.45) is 0 Å². The van der Waals surface area contributed by atoms with Gasteiger partial charge in [0, 0.05) is 34.2 Å². The molecule has 8 aromatic rings. The summed E-state index contributed by atoms with van der Waals surface area (Å²) in [5, 5.41) is 32.7. The van der Waals surface area contributed by atoms with E-state index in [0.717, 1.165) is 57.0 Å². The summed E-state index contributed by atoms with van der Waals surface area (Å²) in [4.78, 5) is 0. The van der Waals surface area contributed by atoms with Crippen LogP contribution in [-0.4, -0.2) is 19.9 Å². The number of phenols is 3. The monoisotopic (exact) mass is 703 g/mol. The molecule has 0 atom stereocenters. The van der Waals surface area contributed by atoms with Crippen LogP contribution < -0.4 is 0 Å². The number of nitrogens with zero attached hydrogens (tertiary/aromatic N) is 1. The minimum Gasteiger partial charge on any atom is -0.507 e. The number of allylic oxidation sites excluding steroid dienone is 4. The summed E-state index contributed by atoms with van der Waals surface area (Å²) in [6, 6.07) is 53.0. The fourth-order valence-corrected chi connectivity index (χ4v) is 7.22. The zero-order chi connectivity index (χ0) is 37.0. The molecule has 1 aliphatic carbocycles. The van der Waals surface area contributed by atoms with E-state index in [1.807, 2.05) is 72.2 Å². The van der Waals surface area contributed by atoms with Gasteiger partial charge in [-0.15, -0.1) is 0 Å². The molecule has 0 aliphatic heterocycles. The van der Waals surface area contributed by atoms with Crippen molar-refractivity contribution < 1.29 is 15.3 Å². The molecule has 0 spiro atoms. The Morgan fingerprint density at radius 3 is 1.67 bits per heavy atom. The van der Waals surface area contributed by atoms with Gasteiger partial charge in [-0.2, -0.15) is 0 Å². The molecule has 0 fully saturated rings. The van der Waals surface area contributed by atoms with Crippen LogP contribution in [-0.2, 0) is 6.42 Å². The van der Waals surface area contributed by atoms with Crippen LogP contribution in [0.25, 0.3) is 55.3 Å². The molecule has 0 saturated heterocycles. The second-order valence-electron chi connectivity index (χ2n) is 13.9. The molecule has 1 aromatic heterocycles. The topological polar surface area (TPSA) is 65.6 Å². The maximum atomic E-state index is 10.8. The van der Waals surface area contributed by atoms with Crippen molar-refractivity contribution in [3.63, 3.8) is 0 Å². The van der Waals surface area contributed by atoms with Crippen LogP contribution in [0.2, 0.25) is 0 Å². The minimum absolute atomic E-state index is 0.172. The van der Waals surface area contributed by atoms with E-state index in [1.54, 1.807) is 18.2 Å². The predicted octanol–water partition coefficient (Wildman–Crippen LogP) is 12.6. The van der Waals surface area contributed by atoms with Crippen LogP contribution in [0.1, 0.15) is 35.1 Å². The summed E-state index contributed by atoms with van der Waals surface area (Å²) >= 11 is 0. The SMILES string of the molecule is C1=CC(c2ccc(Cc3ccc(-c4ccccc4)cc3)cc2)=CCC1.Cc1ccc(-c2cc3c4cc(O)c(O)cc4n(-c4ccccc4)c3cc2O)cc1. The van der Waals surface area contributed by atoms with Crippen molar-refractivity contribution in [1.82, 2.24) is 4.57 Å². The second kappa shape index (κ2) is 15.1. The Hall–Kier alpha value is -6.78. The second-order valence-corrected chi connectivity index (χ2v) is 13.9. The zero-order valence-corrected chi connectivity index (χ0v) is 30.2. The van der Waals surface area contributed by atoms with Crippen molar-refractivity contribution in [1.29, 1.82) is 0 Å². The van der Waals surface area contributed by atoms with Gasteiger partial charge in [-0.1, -0.05) is 145 Å². The standard InChI is InChI=1S/C25H19NO3.C25H22/c1-15-7-9-16(10-8-15)18-11-19-20-12-24(28)25(29)14-22(20)26(21(19)13-23(18)27)17-5-3-2-4-6-17;1-3-7-22(8-4-1)24-15-11-20(12-16-24)19-21-13-17-25(18-14-21)23-9-5-2-6-10-23/h2-14,27-29H,1H3;1,3-5,7-18H,2,6,19H2. The average molecular weight is 704 g/mol. The van der Waals surface area contributed by atoms with E-state index in [0.29, 0.717) is 0 Å². The van der Waals surface area contributed by atoms with E-state index in [4.69, 9.17) is 0 Å². The highest BCUT2D eigenvalue weighted by Gasteiger charge is 2.18. The number of benzene rings is 7. The van der Waals surface area contributed by atoms with E-state index in [-0.39, 0.29) is 17.2 Å². The molecule has 1 heterocycles. The van der Waals surface area contributed by atoms with Gasteiger partial charge in [0.1, 0.15) is 5.75 Å². The Balaban J connectivity index is 0.000000155. The Morgan fingerprint density at radius 1 is 0.500 bits per heavy atom. The number of aromatic hydroxyl groups is 3. The van der Waals surface area contributed by atoms with Crippen molar-refractivity contribution in [3.8, 4) is 45.2 Å². The third-order valence-electron chi connectivity index (χ3n) is 10.1. The van der Waals surface area contributed by atoms with Crippen molar-refractivity contribution in [3.05, 3.63) is 198 Å². The van der Waals surface area contributed by atoms with E-state index >= 15 is 0 Å². The molecule has 4 nitrogen and oxygen atoms in total. The van der Waals surface area contributed by atoms with Crippen LogP contribution >= 0.6 is 0 Å². The molecule has 0 amide bonds. The van der Waals surface area contributed by atoms with Crippen LogP contribution in [0.15, 0.2) is 176 Å². The molecule has 0 bridgehead atoms. The number of phenolic OH excluding ortho intramolecular Hbond substituents is 3. The molecule has 0 radical (unpaired) electrons. The molecule has 264 valence electrons. The lowest BCUT2D eigenvalue weighted by Crippen LogP contribution is -1.93. The highest BCUT2D eigenvalue weighted by molar-refractivity contribution is 6.12. The third kappa shape index (κ3) is 7.15. The van der Waals surface area contributed by atoms with E-state index in [2.05, 4.69) is 97.1 Å². The summed E-state index contributed by atoms with van der Waals surface area (Å²) in [5.41, 5.74) is 13.2. The number of para-hydroxylation sites is 1. The highest BCUT2D eigenvalue weighted by Crippen LogP contribution is 2.42. The number of aromatic nitrogens is 1. The molecule has 0 unspecified atom stereocenters. The molecular formula is C50H41NO3. The predicted molar refractivity (Wildman–Crippen MR) is 223 cm³/mol. The number of fused-ring (bicyclic) bond motifs is 3. The quantitative estimate of drug-likeness (QED) is 0.151. The van der Waals surface area contributed by atoms with E-state index < -0.39 is 0 Å². The normalized spacial score (nSPS) is 12.4. The van der Waals surface area contributed by atoms with Gasteiger partial charge in [-0.3, -0.25) is 0 Å². The molecular weight excluding hydrogens is 663 g/mol. The molecule has 3 N–H and O–H groups in total. The minimum atomic E-state index is -0.180. The first kappa shape index (κ1) is 34.3. The van der Waals surface area contributed by atoms with Gasteiger partial charge in [0.15, 0.2) is 11.5 Å². The first-order valence-electron chi connectivity index (χ1n) is 18.4. The Labute approximate surface area is 315 Å². The first-order valence-corrected chi connectivity index (χ1v) is 18.4. The largest absolute Gasteiger partial charge is 0.507 e. The maximum absolute atomic E-state index is 10.8.